The van der Waals surface area contributed by atoms with Gasteiger partial charge in [-0.2, -0.15) is 5.10 Å². The summed E-state index contributed by atoms with van der Waals surface area (Å²) >= 11 is 0. The molecule has 1 aromatic rings. The van der Waals surface area contributed by atoms with E-state index < -0.39 is 16.0 Å². The number of nitrogens with two attached hydrogens (primary N) is 1. The van der Waals surface area contributed by atoms with Crippen LogP contribution in [0.4, 0.5) is 0 Å². The third-order valence-corrected chi connectivity index (χ3v) is 3.45. The highest BCUT2D eigenvalue weighted by Gasteiger charge is 2.29. The molecule has 0 aromatic carbocycles. The maximum absolute atomic E-state index is 11.8. The molecule has 0 aliphatic heterocycles. The summed E-state index contributed by atoms with van der Waals surface area (Å²) < 4.78 is 33.1. The van der Waals surface area contributed by atoms with Crippen molar-refractivity contribution in [2.24, 2.45) is 5.14 Å². The Morgan fingerprint density at radius 3 is 2.55 bits per heavy atom. The van der Waals surface area contributed by atoms with Gasteiger partial charge in [0, 0.05) is 6.61 Å². The van der Waals surface area contributed by atoms with Crippen LogP contribution in [0.5, 0.6) is 0 Å². The number of aromatic nitrogens is 2. The van der Waals surface area contributed by atoms with E-state index in [4.69, 9.17) is 14.6 Å². The second-order valence-corrected chi connectivity index (χ2v) is 5.85. The van der Waals surface area contributed by atoms with Crippen LogP contribution in [0.2, 0.25) is 0 Å². The summed E-state index contributed by atoms with van der Waals surface area (Å²) in [6.45, 7) is 6.07. The lowest BCUT2D eigenvalue weighted by atomic mass is 10.1. The van der Waals surface area contributed by atoms with Crippen molar-refractivity contribution < 1.29 is 22.7 Å². The molecule has 0 amide bonds. The van der Waals surface area contributed by atoms with Crippen molar-refractivity contribution in [3.05, 3.63) is 11.4 Å². The Balaban J connectivity index is 2.98. The van der Waals surface area contributed by atoms with Gasteiger partial charge >= 0.3 is 5.97 Å². The van der Waals surface area contributed by atoms with Gasteiger partial charge in [0.15, 0.2) is 5.69 Å². The number of nitrogens with one attached hydrogen (secondary N) is 1. The van der Waals surface area contributed by atoms with E-state index >= 15 is 0 Å². The number of ether oxygens (including phenoxy) is 2. The summed E-state index contributed by atoms with van der Waals surface area (Å²) in [6.07, 6.45) is 0. The highest BCUT2D eigenvalue weighted by Crippen LogP contribution is 2.24. The van der Waals surface area contributed by atoms with Gasteiger partial charge in [-0.15, -0.1) is 0 Å². The average molecular weight is 305 g/mol. The average Bonchev–Trinajstić information content (AvgIpc) is 2.79. The quantitative estimate of drug-likeness (QED) is 0.554. The van der Waals surface area contributed by atoms with Crippen molar-refractivity contribution in [1.29, 1.82) is 0 Å². The molecule has 8 nitrogen and oxygen atoms in total. The van der Waals surface area contributed by atoms with E-state index in [0.717, 1.165) is 0 Å². The van der Waals surface area contributed by atoms with Gasteiger partial charge < -0.3 is 9.47 Å². The Labute approximate surface area is 117 Å². The summed E-state index contributed by atoms with van der Waals surface area (Å²) in [6, 6.07) is 0. The molecular formula is C11H19N3O5S. The number of rotatable bonds is 7. The molecule has 0 radical (unpaired) electrons. The zero-order valence-electron chi connectivity index (χ0n) is 11.7. The van der Waals surface area contributed by atoms with E-state index in [1.807, 2.05) is 6.92 Å². The molecule has 0 aliphatic carbocycles. The van der Waals surface area contributed by atoms with Crippen molar-refractivity contribution in [2.75, 3.05) is 19.8 Å². The first-order valence-corrected chi connectivity index (χ1v) is 7.69. The topological polar surface area (TPSA) is 124 Å². The van der Waals surface area contributed by atoms with Gasteiger partial charge in [0.1, 0.15) is 11.5 Å². The van der Waals surface area contributed by atoms with Gasteiger partial charge in [0.25, 0.3) is 0 Å². The second kappa shape index (κ2) is 6.82. The van der Waals surface area contributed by atoms with E-state index in [1.54, 1.807) is 13.8 Å². The smallest absolute Gasteiger partial charge is 0.360 e. The van der Waals surface area contributed by atoms with Gasteiger partial charge in [-0.1, -0.05) is 13.8 Å². The number of hydrogen-bond donors (Lipinski definition) is 2. The molecule has 20 heavy (non-hydrogen) atoms. The number of sulfonamides is 1. The molecule has 0 fully saturated rings. The minimum absolute atomic E-state index is 0.0145. The van der Waals surface area contributed by atoms with E-state index in [0.29, 0.717) is 6.61 Å². The molecule has 1 heterocycles. The predicted molar refractivity (Wildman–Crippen MR) is 70.8 cm³/mol. The SMILES string of the molecule is CCOCCOC(=O)c1n[nH]c(C(C)C)c1S(N)(=O)=O. The summed E-state index contributed by atoms with van der Waals surface area (Å²) in [7, 11) is -4.07. The van der Waals surface area contributed by atoms with E-state index in [-0.39, 0.29) is 35.4 Å². The van der Waals surface area contributed by atoms with Crippen LogP contribution in [0.15, 0.2) is 4.90 Å². The fourth-order valence-electron chi connectivity index (χ4n) is 1.57. The number of carbonyl (C=O) groups is 1. The first kappa shape index (κ1) is 16.6. The van der Waals surface area contributed by atoms with Crippen LogP contribution in [0.3, 0.4) is 0 Å². The largest absolute Gasteiger partial charge is 0.458 e. The van der Waals surface area contributed by atoms with Gasteiger partial charge in [0.2, 0.25) is 10.0 Å². The number of H-pyrrole nitrogens is 1. The van der Waals surface area contributed by atoms with Gasteiger partial charge in [-0.05, 0) is 12.8 Å². The molecule has 9 heteroatoms. The number of aromatic amines is 1. The molecule has 114 valence electrons. The first-order valence-electron chi connectivity index (χ1n) is 6.15. The Kier molecular flexibility index (Phi) is 5.66. The molecule has 0 bridgehead atoms. The minimum atomic E-state index is -4.07. The monoisotopic (exact) mass is 305 g/mol. The summed E-state index contributed by atoms with van der Waals surface area (Å²) in [5.41, 5.74) is -0.0445. The molecule has 0 unspecified atom stereocenters. The molecule has 1 rings (SSSR count). The summed E-state index contributed by atoms with van der Waals surface area (Å²) in [5, 5.41) is 11.4. The Bertz CT molecular complexity index is 565. The molecule has 1 aromatic heterocycles. The highest BCUT2D eigenvalue weighted by molar-refractivity contribution is 7.89. The van der Waals surface area contributed by atoms with Crippen LogP contribution in [0, 0.1) is 0 Å². The lowest BCUT2D eigenvalue weighted by Gasteiger charge is -2.06. The Morgan fingerprint density at radius 2 is 2.05 bits per heavy atom. The first-order chi connectivity index (χ1) is 9.29. The van der Waals surface area contributed by atoms with Crippen molar-refractivity contribution in [1.82, 2.24) is 10.2 Å². The second-order valence-electron chi connectivity index (χ2n) is 4.35. The standard InChI is InChI=1S/C11H19N3O5S/c1-4-18-5-6-19-11(15)9-10(20(12,16)17)8(7(2)3)13-14-9/h7H,4-6H2,1-3H3,(H,13,14)(H2,12,16,17). The third-order valence-electron chi connectivity index (χ3n) is 2.47. The van der Waals surface area contributed by atoms with E-state index in [2.05, 4.69) is 10.2 Å². The van der Waals surface area contributed by atoms with Gasteiger partial charge in [0.05, 0.1) is 12.3 Å². The third kappa shape index (κ3) is 4.02. The normalized spacial score (nSPS) is 11.8. The van der Waals surface area contributed by atoms with Crippen molar-refractivity contribution in [3.63, 3.8) is 0 Å². The van der Waals surface area contributed by atoms with Crippen LogP contribution in [0.1, 0.15) is 42.9 Å². The van der Waals surface area contributed by atoms with Crippen LogP contribution in [-0.2, 0) is 19.5 Å². The number of hydrogen-bond acceptors (Lipinski definition) is 6. The zero-order valence-corrected chi connectivity index (χ0v) is 12.5. The molecule has 0 spiro atoms. The molecule has 0 atom stereocenters. The lowest BCUT2D eigenvalue weighted by molar-refractivity contribution is 0.0325. The highest BCUT2D eigenvalue weighted by atomic mass is 32.2. The fraction of sp³-hybridized carbons (Fsp3) is 0.636. The molecule has 0 saturated heterocycles. The Hall–Kier alpha value is -1.45. The van der Waals surface area contributed by atoms with Crippen molar-refractivity contribution in [2.45, 2.75) is 31.6 Å². The van der Waals surface area contributed by atoms with Gasteiger partial charge in [-0.25, -0.2) is 18.4 Å². The molecule has 3 N–H and O–H groups in total. The van der Waals surface area contributed by atoms with Crippen LogP contribution in [0.25, 0.3) is 0 Å². The van der Waals surface area contributed by atoms with Crippen LogP contribution < -0.4 is 5.14 Å². The molecule has 0 saturated carbocycles. The van der Waals surface area contributed by atoms with Crippen molar-refractivity contribution in [3.8, 4) is 0 Å². The maximum Gasteiger partial charge on any atom is 0.360 e. The fourth-order valence-corrected chi connectivity index (χ4v) is 2.56. The van der Waals surface area contributed by atoms with Crippen LogP contribution in [-0.4, -0.2) is 44.4 Å². The Morgan fingerprint density at radius 1 is 1.40 bits per heavy atom. The number of esters is 1. The number of nitrogens with zero attached hydrogens (tertiary/aromatic N) is 1. The molecular weight excluding hydrogens is 286 g/mol. The lowest BCUT2D eigenvalue weighted by Crippen LogP contribution is -2.19. The maximum atomic E-state index is 11.8. The number of primary sulfonamides is 1. The predicted octanol–water partition coefficient (Wildman–Crippen LogP) is 0.374. The summed E-state index contributed by atoms with van der Waals surface area (Å²) in [5.74, 6) is -1.03. The van der Waals surface area contributed by atoms with E-state index in [1.165, 1.54) is 0 Å². The minimum Gasteiger partial charge on any atom is -0.458 e. The van der Waals surface area contributed by atoms with Crippen LogP contribution >= 0.6 is 0 Å². The molecule has 0 aliphatic rings. The summed E-state index contributed by atoms with van der Waals surface area (Å²) in [4.78, 5) is 11.5. The van der Waals surface area contributed by atoms with Crippen molar-refractivity contribution >= 4 is 16.0 Å². The van der Waals surface area contributed by atoms with Gasteiger partial charge in [-0.3, -0.25) is 5.10 Å². The number of carbonyl (C=O) groups excluding carboxylic acids is 1. The zero-order chi connectivity index (χ0) is 15.3. The van der Waals surface area contributed by atoms with E-state index in [9.17, 15) is 13.2 Å².